The van der Waals surface area contributed by atoms with Gasteiger partial charge in [-0.25, -0.2) is 4.39 Å². The zero-order chi connectivity index (χ0) is 15.4. The average Bonchev–Trinajstić information content (AvgIpc) is 2.77. The summed E-state index contributed by atoms with van der Waals surface area (Å²) in [6, 6.07) is 7.11. The molecule has 0 spiro atoms. The maximum atomic E-state index is 13.5. The normalized spacial score (nSPS) is 12.6. The SMILES string of the molecule is CCCNC(Cc1cc(F)ccc1Br)c1cc(Br)sc1Br. The van der Waals surface area contributed by atoms with Crippen molar-refractivity contribution in [2.24, 2.45) is 0 Å². The second kappa shape index (κ2) is 8.20. The van der Waals surface area contributed by atoms with Crippen molar-refractivity contribution in [3.8, 4) is 0 Å². The van der Waals surface area contributed by atoms with Gasteiger partial charge in [-0.15, -0.1) is 11.3 Å². The Morgan fingerprint density at radius 2 is 2.00 bits per heavy atom. The number of hydrogen-bond acceptors (Lipinski definition) is 2. The lowest BCUT2D eigenvalue weighted by Crippen LogP contribution is -2.24. The molecule has 1 heterocycles. The first-order valence-corrected chi connectivity index (χ1v) is 9.82. The molecule has 1 aromatic heterocycles. The van der Waals surface area contributed by atoms with Crippen LogP contribution in [0, 0.1) is 5.82 Å². The van der Waals surface area contributed by atoms with Crippen molar-refractivity contribution in [2.75, 3.05) is 6.54 Å². The molecule has 0 saturated heterocycles. The second-order valence-electron chi connectivity index (χ2n) is 4.73. The van der Waals surface area contributed by atoms with Crippen molar-refractivity contribution in [3.05, 3.63) is 53.3 Å². The van der Waals surface area contributed by atoms with E-state index in [1.807, 2.05) is 0 Å². The van der Waals surface area contributed by atoms with Crippen LogP contribution in [0.2, 0.25) is 0 Å². The minimum absolute atomic E-state index is 0.153. The summed E-state index contributed by atoms with van der Waals surface area (Å²) in [5, 5.41) is 3.55. The number of rotatable bonds is 6. The fourth-order valence-corrected chi connectivity index (χ4v) is 5.50. The molecule has 1 nitrogen and oxygen atoms in total. The van der Waals surface area contributed by atoms with Gasteiger partial charge in [0, 0.05) is 10.5 Å². The zero-order valence-corrected chi connectivity index (χ0v) is 17.0. The lowest BCUT2D eigenvalue weighted by atomic mass is 10.0. The van der Waals surface area contributed by atoms with Gasteiger partial charge in [-0.2, -0.15) is 0 Å². The predicted molar refractivity (Wildman–Crippen MR) is 98.6 cm³/mol. The van der Waals surface area contributed by atoms with E-state index in [1.165, 1.54) is 11.6 Å². The molecule has 2 aromatic rings. The van der Waals surface area contributed by atoms with E-state index in [2.05, 4.69) is 66.1 Å². The molecule has 1 unspecified atom stereocenters. The Morgan fingerprint density at radius 1 is 1.24 bits per heavy atom. The van der Waals surface area contributed by atoms with Gasteiger partial charge in [0.1, 0.15) is 5.82 Å². The van der Waals surface area contributed by atoms with E-state index >= 15 is 0 Å². The van der Waals surface area contributed by atoms with Crippen LogP contribution in [-0.4, -0.2) is 6.54 Å². The molecular weight excluding hydrogens is 485 g/mol. The van der Waals surface area contributed by atoms with Crippen LogP contribution < -0.4 is 5.32 Å². The number of hydrogen-bond donors (Lipinski definition) is 1. The third kappa shape index (κ3) is 4.86. The molecule has 1 aromatic carbocycles. The zero-order valence-electron chi connectivity index (χ0n) is 11.4. The van der Waals surface area contributed by atoms with Crippen LogP contribution >= 0.6 is 59.1 Å². The maximum Gasteiger partial charge on any atom is 0.123 e. The molecule has 6 heteroatoms. The van der Waals surface area contributed by atoms with E-state index in [0.717, 1.165) is 37.0 Å². The molecule has 21 heavy (non-hydrogen) atoms. The number of thiophene rings is 1. The van der Waals surface area contributed by atoms with Gasteiger partial charge < -0.3 is 5.32 Å². The highest BCUT2D eigenvalue weighted by atomic mass is 79.9. The first-order valence-electron chi connectivity index (χ1n) is 6.63. The Bertz CT molecular complexity index is 615. The summed E-state index contributed by atoms with van der Waals surface area (Å²) in [5.41, 5.74) is 2.18. The summed E-state index contributed by atoms with van der Waals surface area (Å²) >= 11 is 12.3. The molecule has 0 radical (unpaired) electrons. The molecule has 114 valence electrons. The van der Waals surface area contributed by atoms with Gasteiger partial charge in [0.2, 0.25) is 0 Å². The Morgan fingerprint density at radius 3 is 2.62 bits per heavy atom. The third-order valence-corrected chi connectivity index (χ3v) is 6.29. The van der Waals surface area contributed by atoms with Crippen molar-refractivity contribution >= 4 is 59.1 Å². The van der Waals surface area contributed by atoms with Crippen LogP contribution in [0.3, 0.4) is 0 Å². The lowest BCUT2D eigenvalue weighted by Gasteiger charge is -2.19. The fraction of sp³-hybridized carbons (Fsp3) is 0.333. The number of benzene rings is 1. The number of nitrogens with one attached hydrogen (secondary N) is 1. The monoisotopic (exact) mass is 497 g/mol. The Labute approximate surface area is 153 Å². The van der Waals surface area contributed by atoms with Crippen LogP contribution in [0.5, 0.6) is 0 Å². The summed E-state index contributed by atoms with van der Waals surface area (Å²) in [7, 11) is 0. The van der Waals surface area contributed by atoms with Crippen LogP contribution in [0.15, 0.2) is 36.3 Å². The summed E-state index contributed by atoms with van der Waals surface area (Å²) in [5.74, 6) is -0.201. The molecule has 2 rings (SSSR count). The largest absolute Gasteiger partial charge is 0.310 e. The van der Waals surface area contributed by atoms with E-state index in [0.29, 0.717) is 0 Å². The standard InChI is InChI=1S/C15H15Br3FNS/c1-2-5-20-13(11-8-14(17)21-15(11)18)7-9-6-10(19)3-4-12(9)16/h3-4,6,8,13,20H,2,5,7H2,1H3. The third-order valence-electron chi connectivity index (χ3n) is 3.13. The molecular formula is C15H15Br3FNS. The number of halogens is 4. The van der Waals surface area contributed by atoms with Crippen LogP contribution in [0.25, 0.3) is 0 Å². The smallest absolute Gasteiger partial charge is 0.123 e. The van der Waals surface area contributed by atoms with Gasteiger partial charge in [-0.1, -0.05) is 22.9 Å². The maximum absolute atomic E-state index is 13.5. The molecule has 1 N–H and O–H groups in total. The minimum Gasteiger partial charge on any atom is -0.310 e. The molecule has 0 aliphatic rings. The summed E-state index contributed by atoms with van der Waals surface area (Å²) in [6.07, 6.45) is 1.80. The van der Waals surface area contributed by atoms with Crippen molar-refractivity contribution in [1.82, 2.24) is 5.32 Å². The highest BCUT2D eigenvalue weighted by Gasteiger charge is 2.18. The highest BCUT2D eigenvalue weighted by Crippen LogP contribution is 2.37. The Balaban J connectivity index is 2.28. The van der Waals surface area contributed by atoms with Gasteiger partial charge in [0.25, 0.3) is 0 Å². The van der Waals surface area contributed by atoms with Crippen molar-refractivity contribution in [2.45, 2.75) is 25.8 Å². The molecule has 0 aliphatic carbocycles. The topological polar surface area (TPSA) is 12.0 Å². The average molecular weight is 500 g/mol. The second-order valence-corrected chi connectivity index (χ2v) is 9.33. The van der Waals surface area contributed by atoms with Crippen molar-refractivity contribution < 1.29 is 4.39 Å². The predicted octanol–water partition coefficient (Wildman–Crippen LogP) is 6.46. The van der Waals surface area contributed by atoms with Crippen LogP contribution in [-0.2, 0) is 6.42 Å². The molecule has 0 amide bonds. The Hall–Kier alpha value is 0.250. The van der Waals surface area contributed by atoms with Gasteiger partial charge in [-0.05, 0) is 86.6 Å². The van der Waals surface area contributed by atoms with E-state index in [1.54, 1.807) is 23.5 Å². The highest BCUT2D eigenvalue weighted by molar-refractivity contribution is 9.12. The molecule has 0 fully saturated rings. The summed E-state index contributed by atoms with van der Waals surface area (Å²) in [4.78, 5) is 0. The van der Waals surface area contributed by atoms with Gasteiger partial charge in [0.05, 0.1) is 7.57 Å². The van der Waals surface area contributed by atoms with Crippen LogP contribution in [0.1, 0.15) is 30.5 Å². The van der Waals surface area contributed by atoms with Gasteiger partial charge in [0.15, 0.2) is 0 Å². The first kappa shape index (κ1) is 17.6. The van der Waals surface area contributed by atoms with E-state index in [9.17, 15) is 4.39 Å². The van der Waals surface area contributed by atoms with E-state index < -0.39 is 0 Å². The summed E-state index contributed by atoms with van der Waals surface area (Å²) < 4.78 is 16.6. The lowest BCUT2D eigenvalue weighted by molar-refractivity contribution is 0.526. The molecule has 0 saturated carbocycles. The quantitative estimate of drug-likeness (QED) is 0.481. The molecule has 0 aliphatic heterocycles. The van der Waals surface area contributed by atoms with E-state index in [4.69, 9.17) is 0 Å². The van der Waals surface area contributed by atoms with Gasteiger partial charge in [-0.3, -0.25) is 0 Å². The summed E-state index contributed by atoms with van der Waals surface area (Å²) in [6.45, 7) is 3.07. The molecule has 0 bridgehead atoms. The van der Waals surface area contributed by atoms with Crippen molar-refractivity contribution in [3.63, 3.8) is 0 Å². The van der Waals surface area contributed by atoms with Gasteiger partial charge >= 0.3 is 0 Å². The fourth-order valence-electron chi connectivity index (χ4n) is 2.12. The van der Waals surface area contributed by atoms with E-state index in [-0.39, 0.29) is 11.9 Å². The minimum atomic E-state index is -0.201. The molecule has 1 atom stereocenters. The first-order chi connectivity index (χ1) is 10.0. The van der Waals surface area contributed by atoms with Crippen LogP contribution in [0.4, 0.5) is 4.39 Å². The Kier molecular flexibility index (Phi) is 6.87. The van der Waals surface area contributed by atoms with Crippen molar-refractivity contribution in [1.29, 1.82) is 0 Å².